The normalized spacial score (nSPS) is 19.6. The van der Waals surface area contributed by atoms with Crippen LogP contribution >= 0.6 is 0 Å². The van der Waals surface area contributed by atoms with Crippen molar-refractivity contribution < 1.29 is 9.52 Å². The van der Waals surface area contributed by atoms with Gasteiger partial charge in [-0.25, -0.2) is 0 Å². The summed E-state index contributed by atoms with van der Waals surface area (Å²) in [5.41, 5.74) is 2.45. The van der Waals surface area contributed by atoms with Crippen LogP contribution in [0.1, 0.15) is 31.6 Å². The van der Waals surface area contributed by atoms with E-state index in [0.717, 1.165) is 49.7 Å². The molecule has 1 atom stereocenters. The maximum absolute atomic E-state index is 9.40. The van der Waals surface area contributed by atoms with Crippen LogP contribution in [0.4, 0.5) is 0 Å². The average molecular weight is 342 g/mol. The summed E-state index contributed by atoms with van der Waals surface area (Å²) in [5, 5.41) is 9.40. The minimum atomic E-state index is 0.259. The molecule has 0 bridgehead atoms. The molecule has 0 unspecified atom stereocenters. The van der Waals surface area contributed by atoms with E-state index in [1.807, 2.05) is 19.1 Å². The summed E-state index contributed by atoms with van der Waals surface area (Å²) in [6.07, 6.45) is 0.848. The second-order valence-electron chi connectivity index (χ2n) is 7.34. The molecule has 0 aliphatic carbocycles. The molecule has 0 saturated carbocycles. The summed E-state index contributed by atoms with van der Waals surface area (Å²) >= 11 is 0. The Morgan fingerprint density at radius 2 is 2.04 bits per heavy atom. The van der Waals surface area contributed by atoms with Gasteiger partial charge in [0.25, 0.3) is 0 Å². The van der Waals surface area contributed by atoms with Crippen molar-refractivity contribution in [2.24, 2.45) is 0 Å². The largest absolute Gasteiger partial charge is 0.461 e. The molecule has 25 heavy (non-hydrogen) atoms. The molecule has 0 amide bonds. The van der Waals surface area contributed by atoms with E-state index >= 15 is 0 Å². The van der Waals surface area contributed by atoms with Gasteiger partial charge in [-0.05, 0) is 51.0 Å². The van der Waals surface area contributed by atoms with Crippen molar-refractivity contribution in [2.45, 2.75) is 45.8 Å². The van der Waals surface area contributed by atoms with Crippen LogP contribution in [0.5, 0.6) is 0 Å². The van der Waals surface area contributed by atoms with Gasteiger partial charge in [0.15, 0.2) is 0 Å². The molecule has 1 aliphatic rings. The Morgan fingerprint density at radius 3 is 2.72 bits per heavy atom. The zero-order valence-electron chi connectivity index (χ0n) is 15.6. The molecule has 0 spiro atoms. The number of benzene rings is 1. The zero-order chi connectivity index (χ0) is 17.8. The van der Waals surface area contributed by atoms with Crippen molar-refractivity contribution in [2.75, 3.05) is 26.2 Å². The van der Waals surface area contributed by atoms with Crippen LogP contribution in [0.2, 0.25) is 0 Å². The van der Waals surface area contributed by atoms with Crippen LogP contribution < -0.4 is 0 Å². The van der Waals surface area contributed by atoms with E-state index in [0.29, 0.717) is 12.1 Å². The first-order chi connectivity index (χ1) is 12.1. The molecule has 1 aliphatic heterocycles. The lowest BCUT2D eigenvalue weighted by atomic mass is 10.0. The predicted octanol–water partition coefficient (Wildman–Crippen LogP) is 3.53. The van der Waals surface area contributed by atoms with Crippen LogP contribution in [-0.2, 0) is 6.54 Å². The van der Waals surface area contributed by atoms with Crippen molar-refractivity contribution in [3.05, 3.63) is 47.7 Å². The lowest BCUT2D eigenvalue weighted by Gasteiger charge is -2.43. The van der Waals surface area contributed by atoms with Crippen LogP contribution in [0.3, 0.4) is 0 Å². The van der Waals surface area contributed by atoms with E-state index in [1.54, 1.807) is 0 Å². The monoisotopic (exact) mass is 342 g/mol. The lowest BCUT2D eigenvalue weighted by molar-refractivity contribution is 0.0349. The maximum Gasteiger partial charge on any atom is 0.134 e. The summed E-state index contributed by atoms with van der Waals surface area (Å²) in [7, 11) is 0. The van der Waals surface area contributed by atoms with Gasteiger partial charge in [-0.3, -0.25) is 9.80 Å². The minimum Gasteiger partial charge on any atom is -0.461 e. The van der Waals surface area contributed by atoms with E-state index in [9.17, 15) is 5.11 Å². The second kappa shape index (κ2) is 8.17. The highest BCUT2D eigenvalue weighted by molar-refractivity contribution is 5.58. The van der Waals surface area contributed by atoms with Gasteiger partial charge in [-0.1, -0.05) is 18.2 Å². The third kappa shape index (κ3) is 4.51. The smallest absolute Gasteiger partial charge is 0.134 e. The highest BCUT2D eigenvalue weighted by atomic mass is 16.3. The van der Waals surface area contributed by atoms with Gasteiger partial charge in [-0.2, -0.15) is 0 Å². The minimum absolute atomic E-state index is 0.259. The summed E-state index contributed by atoms with van der Waals surface area (Å²) < 4.78 is 5.76. The molecular formula is C21H30N2O2. The highest BCUT2D eigenvalue weighted by Gasteiger charge is 2.28. The molecule has 1 N–H and O–H groups in total. The Hall–Kier alpha value is -1.62. The highest BCUT2D eigenvalue weighted by Crippen LogP contribution is 2.24. The maximum atomic E-state index is 9.40. The quantitative estimate of drug-likeness (QED) is 0.872. The second-order valence-corrected chi connectivity index (χ2v) is 7.34. The molecule has 4 heteroatoms. The number of hydrogen-bond donors (Lipinski definition) is 1. The topological polar surface area (TPSA) is 39.9 Å². The molecular weight excluding hydrogens is 312 g/mol. The molecule has 2 aromatic rings. The fourth-order valence-electron chi connectivity index (χ4n) is 3.83. The number of furan rings is 1. The number of nitrogens with zero attached hydrogens (tertiary/aromatic N) is 2. The first-order valence-electron chi connectivity index (χ1n) is 9.31. The Bertz CT molecular complexity index is 680. The number of hydrogen-bond acceptors (Lipinski definition) is 4. The lowest BCUT2D eigenvalue weighted by Crippen LogP contribution is -2.55. The molecule has 3 rings (SSSR count). The van der Waals surface area contributed by atoms with E-state index in [2.05, 4.69) is 47.9 Å². The van der Waals surface area contributed by atoms with Gasteiger partial charge >= 0.3 is 0 Å². The summed E-state index contributed by atoms with van der Waals surface area (Å²) in [6, 6.07) is 13.6. The van der Waals surface area contributed by atoms with Gasteiger partial charge < -0.3 is 9.52 Å². The number of rotatable bonds is 6. The number of aliphatic hydroxyl groups excluding tert-OH is 1. The van der Waals surface area contributed by atoms with E-state index in [1.165, 1.54) is 5.56 Å². The van der Waals surface area contributed by atoms with E-state index in [4.69, 9.17) is 4.42 Å². The molecule has 2 heterocycles. The predicted molar refractivity (Wildman–Crippen MR) is 101 cm³/mol. The van der Waals surface area contributed by atoms with E-state index in [-0.39, 0.29) is 6.61 Å². The van der Waals surface area contributed by atoms with Crippen LogP contribution in [0, 0.1) is 6.92 Å². The Kier molecular flexibility index (Phi) is 5.94. The summed E-state index contributed by atoms with van der Waals surface area (Å²) in [5.74, 6) is 1.87. The van der Waals surface area contributed by atoms with Crippen LogP contribution in [0.15, 0.2) is 40.8 Å². The fourth-order valence-corrected chi connectivity index (χ4v) is 3.83. The molecule has 136 valence electrons. The van der Waals surface area contributed by atoms with E-state index < -0.39 is 0 Å². The Balaban J connectivity index is 1.68. The average Bonchev–Trinajstić information content (AvgIpc) is 3.02. The number of piperazine rings is 1. The molecule has 1 saturated heterocycles. The van der Waals surface area contributed by atoms with Crippen LogP contribution in [0.25, 0.3) is 11.3 Å². The van der Waals surface area contributed by atoms with Crippen molar-refractivity contribution in [1.29, 1.82) is 0 Å². The number of aryl methyl sites for hydroxylation is 1. The van der Waals surface area contributed by atoms with Gasteiger partial charge in [0.05, 0.1) is 0 Å². The Morgan fingerprint density at radius 1 is 1.20 bits per heavy atom. The first kappa shape index (κ1) is 18.2. The zero-order valence-corrected chi connectivity index (χ0v) is 15.6. The summed E-state index contributed by atoms with van der Waals surface area (Å²) in [4.78, 5) is 5.03. The van der Waals surface area contributed by atoms with Gasteiger partial charge in [-0.15, -0.1) is 0 Å². The summed E-state index contributed by atoms with van der Waals surface area (Å²) in [6.45, 7) is 10.8. The molecule has 1 aromatic carbocycles. The molecule has 1 aromatic heterocycles. The van der Waals surface area contributed by atoms with Gasteiger partial charge in [0, 0.05) is 50.4 Å². The third-order valence-corrected chi connectivity index (χ3v) is 5.10. The Labute approximate surface area is 151 Å². The molecule has 4 nitrogen and oxygen atoms in total. The third-order valence-electron chi connectivity index (χ3n) is 5.10. The molecule has 1 fully saturated rings. The van der Waals surface area contributed by atoms with Crippen molar-refractivity contribution >= 4 is 0 Å². The van der Waals surface area contributed by atoms with Crippen molar-refractivity contribution in [1.82, 2.24) is 9.80 Å². The van der Waals surface area contributed by atoms with Gasteiger partial charge in [0.1, 0.15) is 11.5 Å². The fraction of sp³-hybridized carbons (Fsp3) is 0.524. The standard InChI is InChI=1S/C21H30N2O2/c1-16(2)23-11-10-22(15-20(23)9-12-24)14-18-5-4-6-19(13-18)21-8-7-17(3)25-21/h4-8,13,16,20,24H,9-12,14-15H2,1-3H3/t20-/m1/s1. The van der Waals surface area contributed by atoms with Crippen molar-refractivity contribution in [3.63, 3.8) is 0 Å². The first-order valence-corrected chi connectivity index (χ1v) is 9.31. The van der Waals surface area contributed by atoms with Crippen LogP contribution in [-0.4, -0.2) is 53.2 Å². The SMILES string of the molecule is Cc1ccc(-c2cccc(CN3CCN(C(C)C)[C@H](CCO)C3)c2)o1. The number of aliphatic hydroxyl groups is 1. The van der Waals surface area contributed by atoms with Gasteiger partial charge in [0.2, 0.25) is 0 Å². The molecule has 0 radical (unpaired) electrons. The van der Waals surface area contributed by atoms with Crippen molar-refractivity contribution in [3.8, 4) is 11.3 Å².